The Labute approximate surface area is 103 Å². The molecule has 0 radical (unpaired) electrons. The number of carboxylic acid groups (broad SMARTS) is 1. The van der Waals surface area contributed by atoms with E-state index in [1.807, 2.05) is 0 Å². The van der Waals surface area contributed by atoms with Gasteiger partial charge in [0.05, 0.1) is 0 Å². The topological polar surface area (TPSA) is 92.7 Å². The molecule has 0 heterocycles. The van der Waals surface area contributed by atoms with E-state index >= 15 is 0 Å². The number of carbonyl (C=O) groups is 3. The standard InChI is InChI=1S/C6H9BO6.Na/c1-4(8)12-7(3-6(10)11)13-5(2)9;/h3H2,1-2H3,(H,10,11);/q;+1/p-1. The molecule has 0 aliphatic rings. The summed E-state index contributed by atoms with van der Waals surface area (Å²) in [6, 6.07) is 0. The zero-order chi connectivity index (χ0) is 10.4. The van der Waals surface area contributed by atoms with Gasteiger partial charge in [0.25, 0.3) is 11.9 Å². The maximum Gasteiger partial charge on any atom is 1.00 e. The van der Waals surface area contributed by atoms with Crippen molar-refractivity contribution < 1.29 is 58.4 Å². The number of hydrogen-bond donors (Lipinski definition) is 0. The molecule has 8 heteroatoms. The number of aliphatic carboxylic acids is 1. The van der Waals surface area contributed by atoms with Crippen LogP contribution in [0.2, 0.25) is 6.32 Å². The fourth-order valence-electron chi connectivity index (χ4n) is 0.614. The van der Waals surface area contributed by atoms with Gasteiger partial charge in [0.1, 0.15) is 0 Å². The monoisotopic (exact) mass is 210 g/mol. The molecule has 0 bridgehead atoms. The number of hydrogen-bond acceptors (Lipinski definition) is 6. The van der Waals surface area contributed by atoms with Crippen LogP contribution in [-0.4, -0.2) is 25.0 Å². The molecule has 0 N–H and O–H groups in total. The Morgan fingerprint density at radius 3 is 1.71 bits per heavy atom. The Morgan fingerprint density at radius 2 is 1.50 bits per heavy atom. The molecule has 14 heavy (non-hydrogen) atoms. The SMILES string of the molecule is CC(=O)OB(CC(=O)[O-])OC(C)=O.[Na+]. The predicted molar refractivity (Wildman–Crippen MR) is 39.1 cm³/mol. The van der Waals surface area contributed by atoms with Crippen molar-refractivity contribution in [2.75, 3.05) is 0 Å². The summed E-state index contributed by atoms with van der Waals surface area (Å²) in [5, 5.41) is 10.1. The molecule has 0 fully saturated rings. The van der Waals surface area contributed by atoms with Crippen molar-refractivity contribution in [3.05, 3.63) is 0 Å². The molecule has 0 saturated carbocycles. The molecule has 0 saturated heterocycles. The second kappa shape index (κ2) is 7.84. The first-order valence-electron chi connectivity index (χ1n) is 3.46. The second-order valence-corrected chi connectivity index (χ2v) is 2.22. The summed E-state index contributed by atoms with van der Waals surface area (Å²) in [4.78, 5) is 30.9. The number of rotatable bonds is 4. The van der Waals surface area contributed by atoms with Crippen molar-refractivity contribution in [1.82, 2.24) is 0 Å². The first kappa shape index (κ1) is 15.9. The molecular formula is C6H8BNaO6. The molecular weight excluding hydrogens is 202 g/mol. The van der Waals surface area contributed by atoms with Gasteiger partial charge in [0.2, 0.25) is 0 Å². The van der Waals surface area contributed by atoms with E-state index in [1.54, 1.807) is 0 Å². The summed E-state index contributed by atoms with van der Waals surface area (Å²) >= 11 is 0. The van der Waals surface area contributed by atoms with Gasteiger partial charge in [-0.25, -0.2) is 0 Å². The van der Waals surface area contributed by atoms with Crippen LogP contribution in [0.15, 0.2) is 0 Å². The summed E-state index contributed by atoms with van der Waals surface area (Å²) in [7, 11) is -1.40. The molecule has 0 amide bonds. The van der Waals surface area contributed by atoms with E-state index in [4.69, 9.17) is 0 Å². The molecule has 0 aliphatic carbocycles. The van der Waals surface area contributed by atoms with Crippen molar-refractivity contribution in [3.8, 4) is 0 Å². The summed E-state index contributed by atoms with van der Waals surface area (Å²) < 4.78 is 8.74. The van der Waals surface area contributed by atoms with Gasteiger partial charge in [-0.15, -0.1) is 0 Å². The largest absolute Gasteiger partial charge is 1.00 e. The quantitative estimate of drug-likeness (QED) is 0.433. The van der Waals surface area contributed by atoms with Crippen LogP contribution in [0, 0.1) is 0 Å². The minimum absolute atomic E-state index is 0. The van der Waals surface area contributed by atoms with Gasteiger partial charge < -0.3 is 19.2 Å². The van der Waals surface area contributed by atoms with Gasteiger partial charge in [-0.2, -0.15) is 0 Å². The predicted octanol–water partition coefficient (Wildman–Crippen LogP) is -4.65. The van der Waals surface area contributed by atoms with Crippen molar-refractivity contribution in [2.24, 2.45) is 0 Å². The van der Waals surface area contributed by atoms with Crippen LogP contribution in [-0.2, 0) is 23.7 Å². The molecule has 0 spiro atoms. The van der Waals surface area contributed by atoms with Crippen molar-refractivity contribution >= 4 is 25.0 Å². The second-order valence-electron chi connectivity index (χ2n) is 2.22. The molecule has 0 unspecified atom stereocenters. The van der Waals surface area contributed by atoms with E-state index in [0.29, 0.717) is 0 Å². The van der Waals surface area contributed by atoms with Crippen LogP contribution in [0.25, 0.3) is 0 Å². The fraction of sp³-hybridized carbons (Fsp3) is 0.500. The Balaban J connectivity index is 0. The summed E-state index contributed by atoms with van der Waals surface area (Å²) in [6.45, 7) is 2.15. The van der Waals surface area contributed by atoms with Crippen molar-refractivity contribution in [2.45, 2.75) is 20.2 Å². The maximum atomic E-state index is 10.4. The van der Waals surface area contributed by atoms with Crippen LogP contribution in [0.3, 0.4) is 0 Å². The average molecular weight is 210 g/mol. The third kappa shape index (κ3) is 9.56. The Morgan fingerprint density at radius 1 is 1.14 bits per heavy atom. The van der Waals surface area contributed by atoms with Crippen molar-refractivity contribution in [3.63, 3.8) is 0 Å². The molecule has 0 aromatic carbocycles. The zero-order valence-electron chi connectivity index (χ0n) is 8.23. The van der Waals surface area contributed by atoms with E-state index in [0.717, 1.165) is 13.8 Å². The molecule has 72 valence electrons. The van der Waals surface area contributed by atoms with E-state index in [-0.39, 0.29) is 29.6 Å². The van der Waals surface area contributed by atoms with Crippen LogP contribution < -0.4 is 34.7 Å². The van der Waals surface area contributed by atoms with Gasteiger partial charge in [-0.05, 0) is 0 Å². The molecule has 0 aromatic rings. The van der Waals surface area contributed by atoms with Crippen LogP contribution in [0.4, 0.5) is 0 Å². The number of carboxylic acids is 1. The maximum absolute atomic E-state index is 10.4. The van der Waals surface area contributed by atoms with Gasteiger partial charge in [0.15, 0.2) is 0 Å². The first-order chi connectivity index (χ1) is 5.91. The third-order valence-electron chi connectivity index (χ3n) is 0.928. The van der Waals surface area contributed by atoms with Crippen LogP contribution >= 0.6 is 0 Å². The van der Waals surface area contributed by atoms with E-state index < -0.39 is 31.3 Å². The van der Waals surface area contributed by atoms with Crippen LogP contribution in [0.5, 0.6) is 0 Å². The number of carbonyl (C=O) groups excluding carboxylic acids is 3. The summed E-state index contributed by atoms with van der Waals surface area (Å²) in [5.41, 5.74) is 0. The van der Waals surface area contributed by atoms with E-state index in [9.17, 15) is 19.5 Å². The van der Waals surface area contributed by atoms with Gasteiger partial charge >= 0.3 is 36.7 Å². The minimum atomic E-state index is -1.47. The third-order valence-corrected chi connectivity index (χ3v) is 0.928. The van der Waals surface area contributed by atoms with E-state index in [2.05, 4.69) is 9.31 Å². The molecule has 0 rings (SSSR count). The summed E-state index contributed by atoms with van der Waals surface area (Å²) in [6.07, 6.45) is -0.668. The van der Waals surface area contributed by atoms with Gasteiger partial charge in [-0.3, -0.25) is 9.59 Å². The van der Waals surface area contributed by atoms with E-state index in [1.165, 1.54) is 0 Å². The van der Waals surface area contributed by atoms with Crippen molar-refractivity contribution in [1.29, 1.82) is 0 Å². The molecule has 0 aromatic heterocycles. The molecule has 0 aliphatic heterocycles. The Bertz CT molecular complexity index is 192. The van der Waals surface area contributed by atoms with Gasteiger partial charge in [0, 0.05) is 26.1 Å². The normalized spacial score (nSPS) is 8.14. The smallest absolute Gasteiger partial charge is 0.551 e. The van der Waals surface area contributed by atoms with Gasteiger partial charge in [-0.1, -0.05) is 0 Å². The summed E-state index contributed by atoms with van der Waals surface area (Å²) in [5.74, 6) is -2.92. The minimum Gasteiger partial charge on any atom is -0.551 e. The van der Waals surface area contributed by atoms with Crippen LogP contribution in [0.1, 0.15) is 13.8 Å². The molecule has 0 atom stereocenters. The first-order valence-corrected chi connectivity index (χ1v) is 3.46. The Kier molecular flexibility index (Phi) is 8.92. The zero-order valence-corrected chi connectivity index (χ0v) is 10.2. The Hall–Kier alpha value is -0.525. The molecule has 6 nitrogen and oxygen atoms in total. The average Bonchev–Trinajstić information content (AvgIpc) is 1.80. The fourth-order valence-corrected chi connectivity index (χ4v) is 0.614.